The molecule has 1 aromatic carbocycles. The highest BCUT2D eigenvalue weighted by Crippen LogP contribution is 2.26. The Morgan fingerprint density at radius 2 is 2.16 bits per heavy atom. The van der Waals surface area contributed by atoms with Crippen LogP contribution in [-0.2, 0) is 11.2 Å². The predicted molar refractivity (Wildman–Crippen MR) is 80.6 cm³/mol. The summed E-state index contributed by atoms with van der Waals surface area (Å²) in [5.74, 6) is 1.06. The first-order valence-corrected chi connectivity index (χ1v) is 7.54. The molecule has 0 bridgehead atoms. The zero-order chi connectivity index (χ0) is 13.7. The number of Topliss-reactive ketones (excluding diaryl/α,β-unsaturated/α-hetero) is 1. The van der Waals surface area contributed by atoms with E-state index in [1.165, 1.54) is 12.8 Å². The Hall–Kier alpha value is -1.09. The lowest BCUT2D eigenvalue weighted by atomic mass is 9.99. The summed E-state index contributed by atoms with van der Waals surface area (Å²) in [5.41, 5.74) is 2.05. The van der Waals surface area contributed by atoms with Gasteiger partial charge in [0.15, 0.2) is 5.78 Å². The Bertz CT molecular complexity index is 492. The molecule has 0 unspecified atom stereocenters. The molecule has 19 heavy (non-hydrogen) atoms. The summed E-state index contributed by atoms with van der Waals surface area (Å²) in [6, 6.07) is 5.82. The molecule has 0 aromatic heterocycles. The maximum Gasteiger partial charge on any atom is 0.162 e. The number of methoxy groups -OCH3 is 1. The molecular weight excluding hydrogens is 304 g/mol. The molecule has 0 N–H and O–H groups in total. The van der Waals surface area contributed by atoms with Gasteiger partial charge in [-0.3, -0.25) is 4.79 Å². The number of benzene rings is 1. The molecule has 0 heterocycles. The fraction of sp³-hybridized carbons (Fsp3) is 0.438. The minimum absolute atomic E-state index is 0.263. The summed E-state index contributed by atoms with van der Waals surface area (Å²) in [6.07, 6.45) is 8.20. The molecule has 1 aromatic rings. The minimum atomic E-state index is 0.263. The summed E-state index contributed by atoms with van der Waals surface area (Å²) in [4.78, 5) is 12.3. The molecule has 0 saturated heterocycles. The Morgan fingerprint density at radius 3 is 2.89 bits per heavy atom. The van der Waals surface area contributed by atoms with Crippen molar-refractivity contribution in [2.24, 2.45) is 0 Å². The molecule has 0 amide bonds. The van der Waals surface area contributed by atoms with Crippen LogP contribution in [0.3, 0.4) is 0 Å². The van der Waals surface area contributed by atoms with Crippen LogP contribution in [0.5, 0.6) is 5.75 Å². The number of carbonyl (C=O) groups excluding carboxylic acids is 1. The number of halogens is 1. The van der Waals surface area contributed by atoms with Crippen molar-refractivity contribution >= 4 is 21.7 Å². The number of carbonyl (C=O) groups is 1. The van der Waals surface area contributed by atoms with Crippen LogP contribution >= 0.6 is 15.9 Å². The largest absolute Gasteiger partial charge is 0.496 e. The van der Waals surface area contributed by atoms with E-state index < -0.39 is 0 Å². The van der Waals surface area contributed by atoms with Gasteiger partial charge in [-0.25, -0.2) is 0 Å². The average Bonchev–Trinajstić information content (AvgIpc) is 2.68. The molecule has 0 aliphatic heterocycles. The highest BCUT2D eigenvalue weighted by atomic mass is 79.9. The van der Waals surface area contributed by atoms with Crippen LogP contribution in [0, 0.1) is 0 Å². The molecule has 0 saturated carbocycles. The van der Waals surface area contributed by atoms with Crippen molar-refractivity contribution in [2.45, 2.75) is 38.5 Å². The van der Waals surface area contributed by atoms with Gasteiger partial charge in [0.05, 0.1) is 11.6 Å². The molecule has 1 aliphatic carbocycles. The van der Waals surface area contributed by atoms with Gasteiger partial charge in [0, 0.05) is 6.42 Å². The van der Waals surface area contributed by atoms with Gasteiger partial charge in [0.2, 0.25) is 0 Å². The quantitative estimate of drug-likeness (QED) is 0.818. The third-order valence-electron chi connectivity index (χ3n) is 3.48. The molecule has 3 heteroatoms. The molecule has 0 spiro atoms. The zero-order valence-corrected chi connectivity index (χ0v) is 12.8. The lowest BCUT2D eigenvalue weighted by molar-refractivity contribution is -0.115. The third kappa shape index (κ3) is 3.93. The molecule has 0 fully saturated rings. The first-order valence-electron chi connectivity index (χ1n) is 6.75. The molecule has 2 rings (SSSR count). The van der Waals surface area contributed by atoms with Gasteiger partial charge in [-0.05, 0) is 64.9 Å². The third-order valence-corrected chi connectivity index (χ3v) is 4.10. The van der Waals surface area contributed by atoms with Crippen molar-refractivity contribution in [1.82, 2.24) is 0 Å². The van der Waals surface area contributed by atoms with Gasteiger partial charge >= 0.3 is 0 Å². The maximum atomic E-state index is 12.3. The number of rotatable bonds is 4. The predicted octanol–water partition coefficient (Wildman–Crippen LogP) is 4.46. The van der Waals surface area contributed by atoms with Crippen molar-refractivity contribution in [1.29, 1.82) is 0 Å². The topological polar surface area (TPSA) is 26.3 Å². The molecule has 2 nitrogen and oxygen atoms in total. The lowest BCUT2D eigenvalue weighted by Gasteiger charge is -2.07. The van der Waals surface area contributed by atoms with Crippen LogP contribution in [-0.4, -0.2) is 12.9 Å². The molecule has 102 valence electrons. The number of allylic oxidation sites excluding steroid dienone is 2. The van der Waals surface area contributed by atoms with E-state index in [1.54, 1.807) is 7.11 Å². The summed E-state index contributed by atoms with van der Waals surface area (Å²) in [5, 5.41) is 0. The summed E-state index contributed by atoms with van der Waals surface area (Å²) < 4.78 is 6.09. The second kappa shape index (κ2) is 6.90. The van der Waals surface area contributed by atoms with Crippen molar-refractivity contribution in [3.8, 4) is 5.75 Å². The van der Waals surface area contributed by atoms with E-state index in [4.69, 9.17) is 4.74 Å². The van der Waals surface area contributed by atoms with E-state index in [9.17, 15) is 4.79 Å². The van der Waals surface area contributed by atoms with E-state index >= 15 is 0 Å². The molecular formula is C16H19BrO2. The van der Waals surface area contributed by atoms with Crippen LogP contribution in [0.15, 0.2) is 34.3 Å². The Morgan fingerprint density at radius 1 is 1.32 bits per heavy atom. The van der Waals surface area contributed by atoms with E-state index in [-0.39, 0.29) is 5.78 Å². The van der Waals surface area contributed by atoms with Gasteiger partial charge in [-0.2, -0.15) is 0 Å². The molecule has 1 aliphatic rings. The minimum Gasteiger partial charge on any atom is -0.496 e. The summed E-state index contributed by atoms with van der Waals surface area (Å²) >= 11 is 3.45. The van der Waals surface area contributed by atoms with Crippen molar-refractivity contribution in [3.63, 3.8) is 0 Å². The van der Waals surface area contributed by atoms with Gasteiger partial charge in [0.1, 0.15) is 5.75 Å². The fourth-order valence-electron chi connectivity index (χ4n) is 2.39. The number of ether oxygens (including phenoxy) is 1. The monoisotopic (exact) mass is 322 g/mol. The van der Waals surface area contributed by atoms with E-state index in [0.29, 0.717) is 6.42 Å². The van der Waals surface area contributed by atoms with Crippen LogP contribution in [0.4, 0.5) is 0 Å². The Balaban J connectivity index is 2.06. The second-order valence-electron chi connectivity index (χ2n) is 4.90. The van der Waals surface area contributed by atoms with Crippen LogP contribution in [0.2, 0.25) is 0 Å². The number of hydrogen-bond donors (Lipinski definition) is 0. The van der Waals surface area contributed by atoms with Crippen LogP contribution in [0.1, 0.15) is 37.7 Å². The Kier molecular flexibility index (Phi) is 5.20. The second-order valence-corrected chi connectivity index (χ2v) is 5.75. The van der Waals surface area contributed by atoms with Gasteiger partial charge in [-0.15, -0.1) is 0 Å². The first kappa shape index (κ1) is 14.3. The highest BCUT2D eigenvalue weighted by molar-refractivity contribution is 9.10. The Labute approximate surface area is 123 Å². The molecule has 0 atom stereocenters. The van der Waals surface area contributed by atoms with E-state index in [1.807, 2.05) is 18.2 Å². The van der Waals surface area contributed by atoms with Gasteiger partial charge in [-0.1, -0.05) is 18.6 Å². The maximum absolute atomic E-state index is 12.3. The van der Waals surface area contributed by atoms with E-state index in [0.717, 1.165) is 40.6 Å². The lowest BCUT2D eigenvalue weighted by Crippen LogP contribution is -2.06. The fourth-order valence-corrected chi connectivity index (χ4v) is 2.98. The van der Waals surface area contributed by atoms with Crippen molar-refractivity contribution in [3.05, 3.63) is 39.9 Å². The van der Waals surface area contributed by atoms with Crippen molar-refractivity contribution < 1.29 is 9.53 Å². The van der Waals surface area contributed by atoms with Crippen LogP contribution < -0.4 is 4.74 Å². The highest BCUT2D eigenvalue weighted by Gasteiger charge is 2.13. The molecule has 0 radical (unpaired) electrons. The normalized spacial score (nSPS) is 15.6. The van der Waals surface area contributed by atoms with Crippen molar-refractivity contribution in [2.75, 3.05) is 7.11 Å². The zero-order valence-electron chi connectivity index (χ0n) is 11.2. The number of ketones is 1. The standard InChI is InChI=1S/C16H19BrO2/c1-19-16-9-8-12(10-14(16)17)11-15(18)13-6-4-2-3-5-7-13/h6,8-10H,2-5,7,11H2,1H3. The smallest absolute Gasteiger partial charge is 0.162 e. The average molecular weight is 323 g/mol. The van der Waals surface area contributed by atoms with Gasteiger partial charge < -0.3 is 4.74 Å². The summed E-state index contributed by atoms with van der Waals surface area (Å²) in [6.45, 7) is 0. The number of hydrogen-bond acceptors (Lipinski definition) is 2. The SMILES string of the molecule is COc1ccc(CC(=O)C2=CCCCCC2)cc1Br. The van der Waals surface area contributed by atoms with Gasteiger partial charge in [0.25, 0.3) is 0 Å². The summed E-state index contributed by atoms with van der Waals surface area (Å²) in [7, 11) is 1.64. The first-order chi connectivity index (χ1) is 9.20. The van der Waals surface area contributed by atoms with Crippen LogP contribution in [0.25, 0.3) is 0 Å². The van der Waals surface area contributed by atoms with E-state index in [2.05, 4.69) is 22.0 Å².